The zero-order valence-corrected chi connectivity index (χ0v) is 11.0. The molecule has 1 aliphatic rings. The number of para-hydroxylation sites is 1. The third-order valence-electron chi connectivity index (χ3n) is 1.80. The van der Waals surface area contributed by atoms with Crippen molar-refractivity contribution in [2.75, 3.05) is 5.01 Å². The average molecular weight is 235 g/mol. The Morgan fingerprint density at radius 1 is 1.12 bits per heavy atom. The Morgan fingerprint density at radius 3 is 2.06 bits per heavy atom. The van der Waals surface area contributed by atoms with Crippen molar-refractivity contribution < 1.29 is 4.79 Å². The number of nitrogens with zero attached hydrogens (tertiary/aromatic N) is 2. The molecule has 1 aliphatic heterocycles. The van der Waals surface area contributed by atoms with Crippen LogP contribution in [-0.2, 0) is 4.79 Å². The topological polar surface area (TPSA) is 58.7 Å². The predicted octanol–water partition coefficient (Wildman–Crippen LogP) is 2.75. The van der Waals surface area contributed by atoms with E-state index in [2.05, 4.69) is 5.10 Å². The predicted molar refractivity (Wildman–Crippen MR) is 72.9 cm³/mol. The Bertz CT molecular complexity index is 360. The molecule has 0 unspecified atom stereocenters. The van der Waals surface area contributed by atoms with Crippen LogP contribution in [0.1, 0.15) is 34.1 Å². The van der Waals surface area contributed by atoms with E-state index in [1.165, 1.54) is 5.01 Å². The second-order valence-electron chi connectivity index (χ2n) is 2.81. The van der Waals surface area contributed by atoms with E-state index in [4.69, 9.17) is 5.73 Å². The number of carbonyl (C=O) groups is 1. The van der Waals surface area contributed by atoms with Crippen molar-refractivity contribution >= 4 is 17.4 Å². The molecule has 1 aromatic carbocycles. The highest BCUT2D eigenvalue weighted by Crippen LogP contribution is 2.18. The standard InChI is InChI=1S/C9H9N3O.2C2H6/c10-8-6-9(13)12(11-8)7-4-2-1-3-5-7;2*1-2/h1-5H,6H2,(H2,10,11);2*1-2H3. The van der Waals surface area contributed by atoms with Gasteiger partial charge >= 0.3 is 0 Å². The normalized spacial score (nSPS) is 13.1. The SMILES string of the molecule is CC.CC.NC1=NN(c2ccccc2)C(=O)C1. The zero-order chi connectivity index (χ0) is 13.3. The molecule has 0 saturated carbocycles. The lowest BCUT2D eigenvalue weighted by atomic mass is 10.3. The minimum atomic E-state index is -0.0799. The molecule has 17 heavy (non-hydrogen) atoms. The molecule has 0 fully saturated rings. The van der Waals surface area contributed by atoms with Gasteiger partial charge in [0.05, 0.1) is 12.1 Å². The summed E-state index contributed by atoms with van der Waals surface area (Å²) in [6.07, 6.45) is 0.217. The fourth-order valence-corrected chi connectivity index (χ4v) is 1.22. The Balaban J connectivity index is 0.000000581. The summed E-state index contributed by atoms with van der Waals surface area (Å²) in [5, 5.41) is 5.25. The van der Waals surface area contributed by atoms with Gasteiger partial charge < -0.3 is 5.73 Å². The van der Waals surface area contributed by atoms with Crippen molar-refractivity contribution in [3.63, 3.8) is 0 Å². The van der Waals surface area contributed by atoms with Gasteiger partial charge in [0.2, 0.25) is 0 Å². The van der Waals surface area contributed by atoms with Crippen LogP contribution in [-0.4, -0.2) is 11.7 Å². The largest absolute Gasteiger partial charge is 0.385 e. The molecule has 1 amide bonds. The molecule has 4 nitrogen and oxygen atoms in total. The molecule has 94 valence electrons. The summed E-state index contributed by atoms with van der Waals surface area (Å²) in [4.78, 5) is 11.3. The molecule has 1 aromatic rings. The highest BCUT2D eigenvalue weighted by molar-refractivity contribution is 6.11. The van der Waals surface area contributed by atoms with E-state index < -0.39 is 0 Å². The summed E-state index contributed by atoms with van der Waals surface area (Å²) < 4.78 is 0. The molecule has 2 N–H and O–H groups in total. The molecule has 0 spiro atoms. The molecule has 0 atom stereocenters. The number of benzene rings is 1. The Labute approximate surface area is 103 Å². The minimum absolute atomic E-state index is 0.0799. The van der Waals surface area contributed by atoms with E-state index in [9.17, 15) is 4.79 Å². The molecule has 1 heterocycles. The number of hydrogen-bond acceptors (Lipinski definition) is 3. The number of hydrogen-bond donors (Lipinski definition) is 1. The first-order chi connectivity index (χ1) is 8.27. The zero-order valence-electron chi connectivity index (χ0n) is 11.0. The van der Waals surface area contributed by atoms with Gasteiger partial charge in [0.15, 0.2) is 0 Å². The van der Waals surface area contributed by atoms with Crippen LogP contribution < -0.4 is 10.7 Å². The van der Waals surface area contributed by atoms with Crippen LogP contribution in [0.15, 0.2) is 35.4 Å². The van der Waals surface area contributed by atoms with E-state index in [0.717, 1.165) is 5.69 Å². The summed E-state index contributed by atoms with van der Waals surface area (Å²) in [5.74, 6) is 0.289. The molecular formula is C13H21N3O. The number of hydrazone groups is 1. The van der Waals surface area contributed by atoms with Gasteiger partial charge in [-0.2, -0.15) is 10.1 Å². The summed E-state index contributed by atoms with van der Waals surface area (Å²) in [6, 6.07) is 9.23. The van der Waals surface area contributed by atoms with Gasteiger partial charge in [-0.1, -0.05) is 45.9 Å². The molecule has 0 aliphatic carbocycles. The fraction of sp³-hybridized carbons (Fsp3) is 0.385. The van der Waals surface area contributed by atoms with Crippen LogP contribution in [0.5, 0.6) is 0 Å². The smallest absolute Gasteiger partial charge is 0.255 e. The van der Waals surface area contributed by atoms with Gasteiger partial charge in [-0.25, -0.2) is 0 Å². The lowest BCUT2D eigenvalue weighted by Gasteiger charge is -2.10. The fourth-order valence-electron chi connectivity index (χ4n) is 1.22. The molecule has 0 aromatic heterocycles. The molecule has 0 saturated heterocycles. The molecular weight excluding hydrogens is 214 g/mol. The van der Waals surface area contributed by atoms with E-state index in [1.807, 2.05) is 58.0 Å². The van der Waals surface area contributed by atoms with Gasteiger partial charge in [0, 0.05) is 0 Å². The maximum absolute atomic E-state index is 11.3. The van der Waals surface area contributed by atoms with Crippen LogP contribution in [0.2, 0.25) is 0 Å². The Hall–Kier alpha value is -1.84. The quantitative estimate of drug-likeness (QED) is 0.813. The van der Waals surface area contributed by atoms with E-state index in [0.29, 0.717) is 5.84 Å². The number of rotatable bonds is 1. The van der Waals surface area contributed by atoms with Crippen LogP contribution in [0.3, 0.4) is 0 Å². The van der Waals surface area contributed by atoms with E-state index in [1.54, 1.807) is 0 Å². The third kappa shape index (κ3) is 4.26. The highest BCUT2D eigenvalue weighted by atomic mass is 16.2. The van der Waals surface area contributed by atoms with Crippen molar-refractivity contribution in [3.8, 4) is 0 Å². The Morgan fingerprint density at radius 2 is 1.65 bits per heavy atom. The van der Waals surface area contributed by atoms with Gasteiger partial charge in [-0.3, -0.25) is 4.79 Å². The monoisotopic (exact) mass is 235 g/mol. The lowest BCUT2D eigenvalue weighted by Crippen LogP contribution is -2.19. The number of amidine groups is 1. The van der Waals surface area contributed by atoms with Crippen LogP contribution in [0, 0.1) is 0 Å². The maximum atomic E-state index is 11.3. The summed E-state index contributed by atoms with van der Waals surface area (Å²) in [5.41, 5.74) is 6.20. The second kappa shape index (κ2) is 8.33. The third-order valence-corrected chi connectivity index (χ3v) is 1.80. The van der Waals surface area contributed by atoms with Crippen molar-refractivity contribution in [1.29, 1.82) is 0 Å². The first kappa shape index (κ1) is 15.2. The number of carbonyl (C=O) groups excluding carboxylic acids is 1. The van der Waals surface area contributed by atoms with Crippen LogP contribution >= 0.6 is 0 Å². The second-order valence-corrected chi connectivity index (χ2v) is 2.81. The first-order valence-corrected chi connectivity index (χ1v) is 5.98. The van der Waals surface area contributed by atoms with Crippen molar-refractivity contribution in [2.24, 2.45) is 10.8 Å². The summed E-state index contributed by atoms with van der Waals surface area (Å²) in [6.45, 7) is 8.00. The van der Waals surface area contributed by atoms with Gasteiger partial charge in [-0.15, -0.1) is 0 Å². The number of anilines is 1. The first-order valence-electron chi connectivity index (χ1n) is 5.98. The van der Waals surface area contributed by atoms with E-state index >= 15 is 0 Å². The molecule has 0 bridgehead atoms. The highest BCUT2D eigenvalue weighted by Gasteiger charge is 2.22. The number of amides is 1. The lowest BCUT2D eigenvalue weighted by molar-refractivity contribution is -0.116. The minimum Gasteiger partial charge on any atom is -0.385 e. The van der Waals surface area contributed by atoms with Crippen molar-refractivity contribution in [2.45, 2.75) is 34.1 Å². The van der Waals surface area contributed by atoms with E-state index in [-0.39, 0.29) is 12.3 Å². The van der Waals surface area contributed by atoms with Crippen molar-refractivity contribution in [1.82, 2.24) is 0 Å². The molecule has 4 heteroatoms. The molecule has 2 rings (SSSR count). The Kier molecular flexibility index (Phi) is 7.43. The molecule has 0 radical (unpaired) electrons. The van der Waals surface area contributed by atoms with Gasteiger partial charge in [0.1, 0.15) is 5.84 Å². The number of nitrogens with two attached hydrogens (primary N) is 1. The summed E-state index contributed by atoms with van der Waals surface area (Å²) in [7, 11) is 0. The van der Waals surface area contributed by atoms with Crippen LogP contribution in [0.25, 0.3) is 0 Å². The summed E-state index contributed by atoms with van der Waals surface area (Å²) >= 11 is 0. The van der Waals surface area contributed by atoms with Gasteiger partial charge in [-0.05, 0) is 12.1 Å². The maximum Gasteiger partial charge on any atom is 0.255 e. The average Bonchev–Trinajstić information content (AvgIpc) is 2.74. The van der Waals surface area contributed by atoms with Gasteiger partial charge in [0.25, 0.3) is 5.91 Å². The van der Waals surface area contributed by atoms with Crippen LogP contribution in [0.4, 0.5) is 5.69 Å². The van der Waals surface area contributed by atoms with Crippen molar-refractivity contribution in [3.05, 3.63) is 30.3 Å².